The number of rotatable bonds is 6. The largest absolute Gasteiger partial charge is 0.369 e. The van der Waals surface area contributed by atoms with Crippen molar-refractivity contribution >= 4 is 28.5 Å². The fourth-order valence-electron chi connectivity index (χ4n) is 2.06. The molecule has 5 nitrogen and oxygen atoms in total. The Balaban J connectivity index is 2.09. The van der Waals surface area contributed by atoms with Crippen LogP contribution in [0, 0.1) is 5.41 Å². The maximum atomic E-state index is 5.75. The van der Waals surface area contributed by atoms with E-state index in [0.717, 1.165) is 36.2 Å². The minimum absolute atomic E-state index is 0.189. The topological polar surface area (TPSA) is 55.6 Å². The summed E-state index contributed by atoms with van der Waals surface area (Å²) in [6.45, 7) is 5.31. The Hall–Kier alpha value is -1.36. The van der Waals surface area contributed by atoms with Gasteiger partial charge in [-0.05, 0) is 18.3 Å². The van der Waals surface area contributed by atoms with Gasteiger partial charge in [0, 0.05) is 19.5 Å². The summed E-state index contributed by atoms with van der Waals surface area (Å²) in [5.74, 6) is 1.56. The summed E-state index contributed by atoms with van der Waals surface area (Å²) < 4.78 is 1.75. The molecule has 2 heterocycles. The van der Waals surface area contributed by atoms with Crippen LogP contribution in [0.5, 0.6) is 0 Å². The lowest BCUT2D eigenvalue weighted by molar-refractivity contribution is 0.355. The van der Waals surface area contributed by atoms with Crippen LogP contribution in [0.25, 0.3) is 11.0 Å². The van der Waals surface area contributed by atoms with Crippen molar-refractivity contribution in [2.75, 3.05) is 17.7 Å². The van der Waals surface area contributed by atoms with Crippen molar-refractivity contribution in [1.29, 1.82) is 0 Å². The van der Waals surface area contributed by atoms with E-state index in [1.807, 2.05) is 7.05 Å². The number of nitrogens with one attached hydrogen (secondary N) is 1. The fraction of sp³-hybridized carbons (Fsp3) is 0.615. The lowest BCUT2D eigenvalue weighted by atomic mass is 9.88. The molecule has 0 unspecified atom stereocenters. The van der Waals surface area contributed by atoms with E-state index in [0.29, 0.717) is 5.88 Å². The van der Waals surface area contributed by atoms with Crippen LogP contribution in [-0.2, 0) is 7.05 Å². The summed E-state index contributed by atoms with van der Waals surface area (Å²) in [5, 5.41) is 8.57. The molecule has 2 aromatic heterocycles. The summed E-state index contributed by atoms with van der Waals surface area (Å²) in [5.41, 5.74) is 1.03. The fourth-order valence-corrected chi connectivity index (χ4v) is 2.19. The molecule has 104 valence electrons. The number of aryl methyl sites for hydroxylation is 1. The molecular formula is C13H20ClN5. The molecule has 0 aliphatic rings. The van der Waals surface area contributed by atoms with E-state index in [-0.39, 0.29) is 5.41 Å². The van der Waals surface area contributed by atoms with Crippen LogP contribution in [0.1, 0.15) is 26.7 Å². The summed E-state index contributed by atoms with van der Waals surface area (Å²) in [4.78, 5) is 8.53. The van der Waals surface area contributed by atoms with Gasteiger partial charge in [-0.2, -0.15) is 5.10 Å². The minimum Gasteiger partial charge on any atom is -0.369 e. The summed E-state index contributed by atoms with van der Waals surface area (Å²) in [6.07, 6.45) is 5.48. The van der Waals surface area contributed by atoms with Crippen molar-refractivity contribution < 1.29 is 0 Å². The molecule has 0 radical (unpaired) electrons. The quantitative estimate of drug-likeness (QED) is 0.827. The van der Waals surface area contributed by atoms with Crippen molar-refractivity contribution in [3.63, 3.8) is 0 Å². The summed E-state index contributed by atoms with van der Waals surface area (Å²) in [7, 11) is 1.88. The van der Waals surface area contributed by atoms with E-state index in [1.54, 1.807) is 17.2 Å². The lowest BCUT2D eigenvalue weighted by Crippen LogP contribution is -2.23. The van der Waals surface area contributed by atoms with Crippen molar-refractivity contribution in [3.8, 4) is 0 Å². The van der Waals surface area contributed by atoms with E-state index >= 15 is 0 Å². The maximum Gasteiger partial charge on any atom is 0.163 e. The van der Waals surface area contributed by atoms with Crippen LogP contribution in [0.15, 0.2) is 12.5 Å². The zero-order chi connectivity index (χ0) is 13.9. The first-order valence-corrected chi connectivity index (χ1v) is 6.99. The van der Waals surface area contributed by atoms with Crippen LogP contribution in [0.4, 0.5) is 5.82 Å². The van der Waals surface area contributed by atoms with Crippen LogP contribution in [0.3, 0.4) is 0 Å². The molecule has 0 atom stereocenters. The minimum atomic E-state index is 0.189. The SMILES string of the molecule is Cn1ncc2c(NCC(C)(C)CCCCl)ncnc21. The van der Waals surface area contributed by atoms with Gasteiger partial charge in [-0.1, -0.05) is 13.8 Å². The first kappa shape index (κ1) is 14.1. The average molecular weight is 282 g/mol. The molecule has 0 fully saturated rings. The van der Waals surface area contributed by atoms with Crippen LogP contribution >= 0.6 is 11.6 Å². The monoisotopic (exact) mass is 281 g/mol. The summed E-state index contributed by atoms with van der Waals surface area (Å²) in [6, 6.07) is 0. The number of halogens is 1. The molecular weight excluding hydrogens is 262 g/mol. The highest BCUT2D eigenvalue weighted by Crippen LogP contribution is 2.25. The lowest BCUT2D eigenvalue weighted by Gasteiger charge is -2.24. The Morgan fingerprint density at radius 3 is 2.89 bits per heavy atom. The second kappa shape index (κ2) is 5.74. The van der Waals surface area contributed by atoms with Gasteiger partial charge in [0.15, 0.2) is 5.65 Å². The number of nitrogens with zero attached hydrogens (tertiary/aromatic N) is 4. The standard InChI is InChI=1S/C13H20ClN5/c1-13(2,5-4-6-14)8-15-11-10-7-18-19(3)12(10)17-9-16-11/h7,9H,4-6,8H2,1-3H3,(H,15,16,17). The molecule has 0 saturated heterocycles. The van der Waals surface area contributed by atoms with Crippen LogP contribution < -0.4 is 5.32 Å². The van der Waals surface area contributed by atoms with Gasteiger partial charge in [-0.3, -0.25) is 4.68 Å². The molecule has 19 heavy (non-hydrogen) atoms. The zero-order valence-corrected chi connectivity index (χ0v) is 12.4. The maximum absolute atomic E-state index is 5.75. The smallest absolute Gasteiger partial charge is 0.163 e. The molecule has 0 saturated carbocycles. The average Bonchev–Trinajstić information content (AvgIpc) is 2.77. The van der Waals surface area contributed by atoms with Gasteiger partial charge >= 0.3 is 0 Å². The van der Waals surface area contributed by atoms with Crippen LogP contribution in [0.2, 0.25) is 0 Å². The molecule has 0 spiro atoms. The predicted molar refractivity (Wildman–Crippen MR) is 78.5 cm³/mol. The van der Waals surface area contributed by atoms with E-state index in [4.69, 9.17) is 11.6 Å². The Morgan fingerprint density at radius 1 is 1.37 bits per heavy atom. The number of hydrogen-bond donors (Lipinski definition) is 1. The highest BCUT2D eigenvalue weighted by molar-refractivity contribution is 6.17. The molecule has 6 heteroatoms. The Labute approximate surface area is 118 Å². The second-order valence-electron chi connectivity index (χ2n) is 5.54. The summed E-state index contributed by atoms with van der Waals surface area (Å²) >= 11 is 5.75. The van der Waals surface area contributed by atoms with E-state index in [2.05, 4.69) is 34.2 Å². The van der Waals surface area contributed by atoms with E-state index in [1.165, 1.54) is 0 Å². The first-order valence-electron chi connectivity index (χ1n) is 6.46. The highest BCUT2D eigenvalue weighted by atomic mass is 35.5. The number of aromatic nitrogens is 4. The third-order valence-electron chi connectivity index (χ3n) is 3.25. The van der Waals surface area contributed by atoms with Crippen molar-refractivity contribution in [2.24, 2.45) is 12.5 Å². The third kappa shape index (κ3) is 3.35. The highest BCUT2D eigenvalue weighted by Gasteiger charge is 2.18. The van der Waals surface area contributed by atoms with E-state index in [9.17, 15) is 0 Å². The molecule has 0 aliphatic heterocycles. The number of fused-ring (bicyclic) bond motifs is 1. The van der Waals surface area contributed by atoms with Crippen LogP contribution in [-0.4, -0.2) is 32.2 Å². The molecule has 0 aromatic carbocycles. The van der Waals surface area contributed by atoms with Gasteiger partial charge in [-0.15, -0.1) is 11.6 Å². The molecule has 2 aromatic rings. The molecule has 1 N–H and O–H groups in total. The molecule has 2 rings (SSSR count). The Kier molecular flexibility index (Phi) is 4.24. The molecule has 0 bridgehead atoms. The van der Waals surface area contributed by atoms with Crippen molar-refractivity contribution in [1.82, 2.24) is 19.7 Å². The van der Waals surface area contributed by atoms with Gasteiger partial charge in [0.1, 0.15) is 12.1 Å². The second-order valence-corrected chi connectivity index (χ2v) is 5.92. The third-order valence-corrected chi connectivity index (χ3v) is 3.52. The molecule has 0 amide bonds. The van der Waals surface area contributed by atoms with Gasteiger partial charge < -0.3 is 5.32 Å². The molecule has 0 aliphatic carbocycles. The van der Waals surface area contributed by atoms with Gasteiger partial charge in [-0.25, -0.2) is 9.97 Å². The van der Waals surface area contributed by atoms with Gasteiger partial charge in [0.2, 0.25) is 0 Å². The van der Waals surface area contributed by atoms with Gasteiger partial charge in [0.25, 0.3) is 0 Å². The Bertz CT molecular complexity index is 549. The van der Waals surface area contributed by atoms with Gasteiger partial charge in [0.05, 0.1) is 11.6 Å². The normalized spacial score (nSPS) is 12.0. The Morgan fingerprint density at radius 2 is 2.16 bits per heavy atom. The number of alkyl halides is 1. The first-order chi connectivity index (χ1) is 9.03. The van der Waals surface area contributed by atoms with E-state index < -0.39 is 0 Å². The number of anilines is 1. The van der Waals surface area contributed by atoms with Crippen molar-refractivity contribution in [2.45, 2.75) is 26.7 Å². The number of hydrogen-bond acceptors (Lipinski definition) is 4. The van der Waals surface area contributed by atoms with Crippen molar-refractivity contribution in [3.05, 3.63) is 12.5 Å². The zero-order valence-electron chi connectivity index (χ0n) is 11.6. The predicted octanol–water partition coefficient (Wildman–Crippen LogP) is 2.82.